The lowest BCUT2D eigenvalue weighted by atomic mass is 10.1. The summed E-state index contributed by atoms with van der Waals surface area (Å²) in [7, 11) is 0. The van der Waals surface area contributed by atoms with Gasteiger partial charge in [-0.15, -0.1) is 0 Å². The zero-order valence-electron chi connectivity index (χ0n) is 8.73. The predicted octanol–water partition coefficient (Wildman–Crippen LogP) is 3.23. The Hall–Kier alpha value is -1.29. The van der Waals surface area contributed by atoms with Crippen LogP contribution in [0.5, 0.6) is 0 Å². The second-order valence-corrected chi connectivity index (χ2v) is 4.95. The van der Waals surface area contributed by atoms with Crippen LogP contribution in [0.15, 0.2) is 35.1 Å². The van der Waals surface area contributed by atoms with E-state index in [0.717, 1.165) is 21.5 Å². The summed E-state index contributed by atoms with van der Waals surface area (Å²) < 4.78 is 3.11. The Bertz CT molecular complexity index is 529. The van der Waals surface area contributed by atoms with E-state index in [1.165, 1.54) is 12.8 Å². The van der Waals surface area contributed by atoms with Crippen LogP contribution in [0.3, 0.4) is 0 Å². The van der Waals surface area contributed by atoms with Crippen molar-refractivity contribution in [2.45, 2.75) is 18.9 Å². The van der Waals surface area contributed by atoms with Crippen LogP contribution in [0.25, 0.3) is 11.3 Å². The molecule has 3 rings (SSSR count). The topological polar surface area (TPSA) is 43.8 Å². The van der Waals surface area contributed by atoms with Crippen LogP contribution in [-0.2, 0) is 0 Å². The molecule has 4 heteroatoms. The smallest absolute Gasteiger partial charge is 0.131 e. The van der Waals surface area contributed by atoms with Crippen molar-refractivity contribution in [2.75, 3.05) is 5.73 Å². The highest BCUT2D eigenvalue weighted by molar-refractivity contribution is 9.10. The molecular formula is C12H12BrN3. The molecule has 1 fully saturated rings. The maximum atomic E-state index is 6.12. The highest BCUT2D eigenvalue weighted by Crippen LogP contribution is 2.40. The van der Waals surface area contributed by atoms with E-state index < -0.39 is 0 Å². The van der Waals surface area contributed by atoms with Gasteiger partial charge in [-0.2, -0.15) is 0 Å². The van der Waals surface area contributed by atoms with Gasteiger partial charge in [-0.05, 0) is 18.9 Å². The lowest BCUT2D eigenvalue weighted by Gasteiger charge is -2.04. The molecular weight excluding hydrogens is 266 g/mol. The second kappa shape index (κ2) is 3.63. The minimum absolute atomic E-state index is 0.573. The molecule has 0 unspecified atom stereocenters. The molecule has 1 heterocycles. The number of nitrogens with two attached hydrogens (primary N) is 1. The van der Waals surface area contributed by atoms with Crippen molar-refractivity contribution in [1.29, 1.82) is 0 Å². The summed E-state index contributed by atoms with van der Waals surface area (Å²) in [4.78, 5) is 4.42. The fourth-order valence-corrected chi connectivity index (χ4v) is 2.35. The molecule has 16 heavy (non-hydrogen) atoms. The van der Waals surface area contributed by atoms with E-state index in [1.54, 1.807) is 0 Å². The number of aromatic nitrogens is 2. The first-order valence-electron chi connectivity index (χ1n) is 5.34. The van der Waals surface area contributed by atoms with Crippen LogP contribution >= 0.6 is 15.9 Å². The van der Waals surface area contributed by atoms with Crippen molar-refractivity contribution in [3.63, 3.8) is 0 Å². The molecule has 0 atom stereocenters. The maximum Gasteiger partial charge on any atom is 0.131 e. The molecule has 1 aliphatic carbocycles. The molecule has 0 amide bonds. The van der Waals surface area contributed by atoms with Gasteiger partial charge in [0, 0.05) is 16.1 Å². The highest BCUT2D eigenvalue weighted by atomic mass is 79.9. The van der Waals surface area contributed by atoms with Crippen LogP contribution in [0, 0.1) is 0 Å². The van der Waals surface area contributed by atoms with E-state index in [1.807, 2.05) is 30.6 Å². The third kappa shape index (κ3) is 1.53. The summed E-state index contributed by atoms with van der Waals surface area (Å²) in [6.45, 7) is 0. The number of hydrogen-bond acceptors (Lipinski definition) is 2. The number of hydrogen-bond donors (Lipinski definition) is 1. The van der Waals surface area contributed by atoms with Crippen LogP contribution in [0.4, 0.5) is 5.82 Å². The van der Waals surface area contributed by atoms with Crippen LogP contribution in [0.1, 0.15) is 18.9 Å². The lowest BCUT2D eigenvalue weighted by molar-refractivity contribution is 0.751. The molecule has 1 saturated carbocycles. The quantitative estimate of drug-likeness (QED) is 0.916. The summed E-state index contributed by atoms with van der Waals surface area (Å²) in [6.07, 6.45) is 4.29. The molecule has 3 nitrogen and oxygen atoms in total. The molecule has 0 bridgehead atoms. The number of anilines is 1. The van der Waals surface area contributed by atoms with E-state index >= 15 is 0 Å². The third-order valence-electron chi connectivity index (χ3n) is 2.90. The van der Waals surface area contributed by atoms with Gasteiger partial charge in [-0.1, -0.05) is 34.1 Å². The van der Waals surface area contributed by atoms with Gasteiger partial charge in [0.05, 0.1) is 6.33 Å². The van der Waals surface area contributed by atoms with Crippen LogP contribution in [0.2, 0.25) is 0 Å². The Kier molecular flexibility index (Phi) is 2.24. The Labute approximate surface area is 102 Å². The largest absolute Gasteiger partial charge is 0.383 e. The minimum Gasteiger partial charge on any atom is -0.383 e. The number of halogens is 1. The average molecular weight is 278 g/mol. The fraction of sp³-hybridized carbons (Fsp3) is 0.250. The van der Waals surface area contributed by atoms with Crippen molar-refractivity contribution >= 4 is 21.7 Å². The Morgan fingerprint density at radius 3 is 2.75 bits per heavy atom. The molecule has 82 valence electrons. The van der Waals surface area contributed by atoms with Gasteiger partial charge in [-0.25, -0.2) is 4.98 Å². The van der Waals surface area contributed by atoms with E-state index in [9.17, 15) is 0 Å². The zero-order valence-corrected chi connectivity index (χ0v) is 10.3. The summed E-state index contributed by atoms with van der Waals surface area (Å²) in [5.74, 6) is 0.773. The standard InChI is InChI=1S/C12H12BrN3/c13-10-4-2-1-3-9(10)11-12(14)16(7-15-11)8-5-6-8/h1-4,7-8H,5-6,14H2. The van der Waals surface area contributed by atoms with Gasteiger partial charge in [0.15, 0.2) is 0 Å². The third-order valence-corrected chi connectivity index (χ3v) is 3.59. The molecule has 0 radical (unpaired) electrons. The van der Waals surface area contributed by atoms with E-state index in [2.05, 4.69) is 25.5 Å². The molecule has 1 aromatic heterocycles. The first-order chi connectivity index (χ1) is 7.77. The van der Waals surface area contributed by atoms with E-state index in [0.29, 0.717) is 6.04 Å². The summed E-state index contributed by atoms with van der Waals surface area (Å²) in [5, 5.41) is 0. The fourth-order valence-electron chi connectivity index (χ4n) is 1.88. The minimum atomic E-state index is 0.573. The highest BCUT2D eigenvalue weighted by Gasteiger charge is 2.26. The zero-order chi connectivity index (χ0) is 11.1. The van der Waals surface area contributed by atoms with Gasteiger partial charge in [-0.3, -0.25) is 0 Å². The monoisotopic (exact) mass is 277 g/mol. The van der Waals surface area contributed by atoms with Crippen molar-refractivity contribution in [3.8, 4) is 11.3 Å². The Morgan fingerprint density at radius 1 is 1.31 bits per heavy atom. The SMILES string of the molecule is Nc1c(-c2ccccc2Br)ncn1C1CC1. The first kappa shape index (κ1) is 9.90. The number of benzene rings is 1. The number of rotatable bonds is 2. The second-order valence-electron chi connectivity index (χ2n) is 4.10. The van der Waals surface area contributed by atoms with Gasteiger partial charge in [0.2, 0.25) is 0 Å². The number of nitrogens with zero attached hydrogens (tertiary/aromatic N) is 2. The maximum absolute atomic E-state index is 6.12. The molecule has 0 aliphatic heterocycles. The number of nitrogen functional groups attached to an aromatic ring is 1. The molecule has 2 aromatic rings. The molecule has 0 saturated heterocycles. The first-order valence-corrected chi connectivity index (χ1v) is 6.14. The van der Waals surface area contributed by atoms with Crippen molar-refractivity contribution in [1.82, 2.24) is 9.55 Å². The van der Waals surface area contributed by atoms with Gasteiger partial charge >= 0.3 is 0 Å². The van der Waals surface area contributed by atoms with Gasteiger partial charge in [0.25, 0.3) is 0 Å². The summed E-state index contributed by atoms with van der Waals surface area (Å²) in [5.41, 5.74) is 8.05. The lowest BCUT2D eigenvalue weighted by Crippen LogP contribution is -1.99. The van der Waals surface area contributed by atoms with Crippen LogP contribution in [-0.4, -0.2) is 9.55 Å². The average Bonchev–Trinajstić information content (AvgIpc) is 3.05. The molecule has 0 spiro atoms. The number of imidazole rings is 1. The normalized spacial score (nSPS) is 15.3. The van der Waals surface area contributed by atoms with Gasteiger partial charge in [0.1, 0.15) is 11.5 Å². The summed E-state index contributed by atoms with van der Waals surface area (Å²) >= 11 is 3.52. The van der Waals surface area contributed by atoms with Crippen LogP contribution < -0.4 is 5.73 Å². The Morgan fingerprint density at radius 2 is 2.06 bits per heavy atom. The molecule has 1 aliphatic rings. The van der Waals surface area contributed by atoms with Crippen molar-refractivity contribution in [2.24, 2.45) is 0 Å². The predicted molar refractivity (Wildman–Crippen MR) is 68.0 cm³/mol. The van der Waals surface area contributed by atoms with E-state index in [4.69, 9.17) is 5.73 Å². The van der Waals surface area contributed by atoms with Crippen molar-refractivity contribution < 1.29 is 0 Å². The van der Waals surface area contributed by atoms with Gasteiger partial charge < -0.3 is 10.3 Å². The Balaban J connectivity index is 2.10. The summed E-state index contributed by atoms with van der Waals surface area (Å²) in [6, 6.07) is 8.59. The van der Waals surface area contributed by atoms with E-state index in [-0.39, 0.29) is 0 Å². The molecule has 1 aromatic carbocycles. The van der Waals surface area contributed by atoms with Crippen molar-refractivity contribution in [3.05, 3.63) is 35.1 Å². The molecule has 2 N–H and O–H groups in total.